The number of guanidine groups is 1. The highest BCUT2D eigenvalue weighted by atomic mass is 127. The van der Waals surface area contributed by atoms with E-state index in [2.05, 4.69) is 20.4 Å². The van der Waals surface area contributed by atoms with Crippen molar-refractivity contribution in [2.75, 3.05) is 13.7 Å². The van der Waals surface area contributed by atoms with E-state index in [-0.39, 0.29) is 48.5 Å². The topological polar surface area (TPSA) is 98.0 Å². The molecule has 8 nitrogen and oxygen atoms in total. The minimum absolute atomic E-state index is 0. The summed E-state index contributed by atoms with van der Waals surface area (Å²) in [7, 11) is 1.47. The van der Waals surface area contributed by atoms with Crippen LogP contribution in [0.3, 0.4) is 0 Å². The quantitative estimate of drug-likeness (QED) is 0.165. The number of halogens is 3. The number of nitro benzene ring substituents is 1. The van der Waals surface area contributed by atoms with Gasteiger partial charge in [0, 0.05) is 30.3 Å². The maximum atomic E-state index is 12.6. The number of nitrogens with one attached hydrogen (secondary N) is 2. The Labute approximate surface area is 189 Å². The van der Waals surface area contributed by atoms with Crippen LogP contribution in [-0.4, -0.2) is 31.1 Å². The highest BCUT2D eigenvalue weighted by molar-refractivity contribution is 14.0. The first-order valence-electron chi connectivity index (χ1n) is 8.80. The van der Waals surface area contributed by atoms with Crippen LogP contribution in [0.2, 0.25) is 0 Å². The zero-order valence-electron chi connectivity index (χ0n) is 16.4. The predicted molar refractivity (Wildman–Crippen MR) is 120 cm³/mol. The molecule has 0 bridgehead atoms. The molecule has 0 amide bonds. The number of methoxy groups -OCH3 is 1. The van der Waals surface area contributed by atoms with Gasteiger partial charge in [-0.05, 0) is 25.1 Å². The van der Waals surface area contributed by atoms with Gasteiger partial charge in [0.25, 0.3) is 5.69 Å². The summed E-state index contributed by atoms with van der Waals surface area (Å²) in [6, 6.07) is 10.8. The molecule has 0 radical (unpaired) electrons. The van der Waals surface area contributed by atoms with Gasteiger partial charge in [0.05, 0.1) is 18.6 Å². The van der Waals surface area contributed by atoms with Crippen molar-refractivity contribution in [1.29, 1.82) is 0 Å². The van der Waals surface area contributed by atoms with Crippen LogP contribution in [0.4, 0.5) is 14.5 Å². The standard InChI is InChI=1S/C19H22F2N4O4.HI/c1-3-22-19(23-11-13-6-4-5-7-16(13)25(26)27)24-12-14-10-15(28-2)8-9-17(14)29-18(20)21;/h4-10,18H,3,11-12H2,1-2H3,(H2,22,23,24);1H. The van der Waals surface area contributed by atoms with Crippen LogP contribution in [0.5, 0.6) is 11.5 Å². The van der Waals surface area contributed by atoms with Crippen molar-refractivity contribution in [2.45, 2.75) is 26.6 Å². The lowest BCUT2D eigenvalue weighted by atomic mass is 10.2. The molecule has 11 heteroatoms. The SMILES string of the molecule is CCNC(=NCc1cc(OC)ccc1OC(F)F)NCc1ccccc1[N+](=O)[O-].I. The summed E-state index contributed by atoms with van der Waals surface area (Å²) in [5, 5.41) is 17.1. The second-order valence-electron chi connectivity index (χ2n) is 5.79. The van der Waals surface area contributed by atoms with E-state index in [4.69, 9.17) is 4.74 Å². The predicted octanol–water partition coefficient (Wildman–Crippen LogP) is 4.08. The Hall–Kier alpha value is -2.70. The Kier molecular flexibility index (Phi) is 10.8. The van der Waals surface area contributed by atoms with Crippen molar-refractivity contribution in [1.82, 2.24) is 10.6 Å². The molecule has 0 atom stereocenters. The summed E-state index contributed by atoms with van der Waals surface area (Å²) in [5.74, 6) is 0.852. The summed E-state index contributed by atoms with van der Waals surface area (Å²) < 4.78 is 34.9. The van der Waals surface area contributed by atoms with Crippen molar-refractivity contribution in [3.63, 3.8) is 0 Å². The van der Waals surface area contributed by atoms with Crippen LogP contribution in [0.25, 0.3) is 0 Å². The molecule has 2 aromatic rings. The van der Waals surface area contributed by atoms with E-state index in [0.29, 0.717) is 29.4 Å². The first-order chi connectivity index (χ1) is 13.9. The van der Waals surface area contributed by atoms with Gasteiger partial charge in [-0.25, -0.2) is 4.99 Å². The zero-order chi connectivity index (χ0) is 21.2. The Morgan fingerprint density at radius 3 is 2.57 bits per heavy atom. The average Bonchev–Trinajstić information content (AvgIpc) is 2.70. The molecule has 0 saturated carbocycles. The monoisotopic (exact) mass is 536 g/mol. The van der Waals surface area contributed by atoms with Gasteiger partial charge in [-0.3, -0.25) is 10.1 Å². The normalized spacial score (nSPS) is 10.9. The molecule has 164 valence electrons. The van der Waals surface area contributed by atoms with E-state index in [9.17, 15) is 18.9 Å². The first-order valence-corrected chi connectivity index (χ1v) is 8.80. The Balaban J connectivity index is 0.00000450. The van der Waals surface area contributed by atoms with E-state index in [1.54, 1.807) is 24.3 Å². The van der Waals surface area contributed by atoms with E-state index in [1.807, 2.05) is 6.92 Å². The molecular formula is C19H23F2IN4O4. The molecule has 0 spiro atoms. The number of nitrogens with zero attached hydrogens (tertiary/aromatic N) is 2. The lowest BCUT2D eigenvalue weighted by Gasteiger charge is -2.13. The zero-order valence-corrected chi connectivity index (χ0v) is 18.8. The highest BCUT2D eigenvalue weighted by Crippen LogP contribution is 2.26. The van der Waals surface area contributed by atoms with Crippen molar-refractivity contribution in [3.8, 4) is 11.5 Å². The second kappa shape index (κ2) is 12.8. The van der Waals surface area contributed by atoms with Gasteiger partial charge in [0.1, 0.15) is 11.5 Å². The lowest BCUT2D eigenvalue weighted by Crippen LogP contribution is -2.36. The molecule has 0 aliphatic heterocycles. The first kappa shape index (κ1) is 25.3. The van der Waals surface area contributed by atoms with Crippen molar-refractivity contribution < 1.29 is 23.2 Å². The minimum Gasteiger partial charge on any atom is -0.497 e. The number of aliphatic imine (C=N–C) groups is 1. The summed E-state index contributed by atoms with van der Waals surface area (Å²) in [6.45, 7) is -0.358. The van der Waals surface area contributed by atoms with Gasteiger partial charge in [-0.15, -0.1) is 24.0 Å². The fourth-order valence-corrected chi connectivity index (χ4v) is 2.54. The lowest BCUT2D eigenvalue weighted by molar-refractivity contribution is -0.385. The van der Waals surface area contributed by atoms with Crippen LogP contribution in [0.15, 0.2) is 47.5 Å². The smallest absolute Gasteiger partial charge is 0.387 e. The summed E-state index contributed by atoms with van der Waals surface area (Å²) in [6.07, 6.45) is 0. The number of benzene rings is 2. The molecule has 2 rings (SSSR count). The van der Waals surface area contributed by atoms with Gasteiger partial charge in [0.2, 0.25) is 0 Å². The molecule has 2 N–H and O–H groups in total. The molecule has 2 aromatic carbocycles. The maximum absolute atomic E-state index is 12.6. The van der Waals surface area contributed by atoms with Crippen molar-refractivity contribution in [2.24, 2.45) is 4.99 Å². The van der Waals surface area contributed by atoms with E-state index < -0.39 is 11.5 Å². The van der Waals surface area contributed by atoms with Crippen molar-refractivity contribution in [3.05, 3.63) is 63.7 Å². The minimum atomic E-state index is -2.96. The molecule has 0 fully saturated rings. The third kappa shape index (κ3) is 7.61. The molecule has 30 heavy (non-hydrogen) atoms. The van der Waals surface area contributed by atoms with Crippen LogP contribution < -0.4 is 20.1 Å². The third-order valence-corrected chi connectivity index (χ3v) is 3.87. The largest absolute Gasteiger partial charge is 0.497 e. The van der Waals surface area contributed by atoms with Crippen LogP contribution >= 0.6 is 24.0 Å². The van der Waals surface area contributed by atoms with E-state index in [0.717, 1.165) is 0 Å². The van der Waals surface area contributed by atoms with Crippen LogP contribution in [0, 0.1) is 10.1 Å². The number of nitro groups is 1. The number of hydrogen-bond donors (Lipinski definition) is 2. The van der Waals surface area contributed by atoms with Gasteiger partial charge in [0.15, 0.2) is 5.96 Å². The Morgan fingerprint density at radius 2 is 1.93 bits per heavy atom. The van der Waals surface area contributed by atoms with Gasteiger partial charge in [-0.2, -0.15) is 8.78 Å². The summed E-state index contributed by atoms with van der Waals surface area (Å²) >= 11 is 0. The van der Waals surface area contributed by atoms with Crippen LogP contribution in [-0.2, 0) is 13.1 Å². The molecule has 0 aromatic heterocycles. The maximum Gasteiger partial charge on any atom is 0.387 e. The van der Waals surface area contributed by atoms with Gasteiger partial charge in [-0.1, -0.05) is 18.2 Å². The third-order valence-electron chi connectivity index (χ3n) is 3.87. The van der Waals surface area contributed by atoms with E-state index in [1.165, 1.54) is 25.3 Å². The number of hydrogen-bond acceptors (Lipinski definition) is 5. The molecule has 0 aliphatic carbocycles. The Bertz CT molecular complexity index is 868. The summed E-state index contributed by atoms with van der Waals surface area (Å²) in [5.41, 5.74) is 0.898. The molecule has 0 aliphatic rings. The summed E-state index contributed by atoms with van der Waals surface area (Å²) in [4.78, 5) is 15.0. The Morgan fingerprint density at radius 1 is 1.20 bits per heavy atom. The number of alkyl halides is 2. The van der Waals surface area contributed by atoms with E-state index >= 15 is 0 Å². The molecular weight excluding hydrogens is 513 g/mol. The number of para-hydroxylation sites is 1. The molecule has 0 saturated heterocycles. The van der Waals surface area contributed by atoms with Crippen molar-refractivity contribution >= 4 is 35.6 Å². The van der Waals surface area contributed by atoms with Gasteiger partial charge >= 0.3 is 6.61 Å². The molecule has 0 heterocycles. The average molecular weight is 536 g/mol. The second-order valence-corrected chi connectivity index (χ2v) is 5.79. The fraction of sp³-hybridized carbons (Fsp3) is 0.316. The number of ether oxygens (including phenoxy) is 2. The highest BCUT2D eigenvalue weighted by Gasteiger charge is 2.13. The number of rotatable bonds is 9. The molecule has 0 unspecified atom stereocenters. The van der Waals surface area contributed by atoms with Crippen LogP contribution in [0.1, 0.15) is 18.1 Å². The fourth-order valence-electron chi connectivity index (χ4n) is 2.54. The van der Waals surface area contributed by atoms with Gasteiger partial charge < -0.3 is 20.1 Å².